The zero-order valence-electron chi connectivity index (χ0n) is 15.0. The zero-order chi connectivity index (χ0) is 18.7. The first-order chi connectivity index (χ1) is 12.5. The third kappa shape index (κ3) is 5.25. The SMILES string of the molecule is CN(C)CCCN(C(=O)c1ccccc1Br)c1nc2ccc(F)cc2s1.Cl. The van der Waals surface area contributed by atoms with E-state index in [0.29, 0.717) is 22.8 Å². The summed E-state index contributed by atoms with van der Waals surface area (Å²) in [5, 5.41) is 0.588. The molecular formula is C19H20BrClFN3OS. The largest absolute Gasteiger partial charge is 0.309 e. The predicted molar refractivity (Wildman–Crippen MR) is 116 cm³/mol. The summed E-state index contributed by atoms with van der Waals surface area (Å²) >= 11 is 4.78. The van der Waals surface area contributed by atoms with E-state index in [-0.39, 0.29) is 24.1 Å². The van der Waals surface area contributed by atoms with Crippen molar-refractivity contribution in [1.29, 1.82) is 0 Å². The second-order valence-corrected chi connectivity index (χ2v) is 8.07. The first-order valence-corrected chi connectivity index (χ1v) is 9.84. The van der Waals surface area contributed by atoms with E-state index in [2.05, 4.69) is 25.8 Å². The maximum atomic E-state index is 13.5. The zero-order valence-corrected chi connectivity index (χ0v) is 18.2. The summed E-state index contributed by atoms with van der Waals surface area (Å²) in [7, 11) is 4.00. The summed E-state index contributed by atoms with van der Waals surface area (Å²) in [4.78, 5) is 21.5. The number of aromatic nitrogens is 1. The van der Waals surface area contributed by atoms with E-state index in [4.69, 9.17) is 0 Å². The van der Waals surface area contributed by atoms with Gasteiger partial charge in [-0.05, 0) is 73.3 Å². The Morgan fingerprint density at radius 3 is 2.63 bits per heavy atom. The van der Waals surface area contributed by atoms with Gasteiger partial charge >= 0.3 is 0 Å². The Balaban J connectivity index is 0.00000261. The summed E-state index contributed by atoms with van der Waals surface area (Å²) in [5.74, 6) is -0.417. The van der Waals surface area contributed by atoms with Gasteiger partial charge in [0.2, 0.25) is 0 Å². The van der Waals surface area contributed by atoms with Crippen LogP contribution in [-0.4, -0.2) is 43.0 Å². The molecule has 1 aromatic heterocycles. The third-order valence-corrected chi connectivity index (χ3v) is 5.64. The van der Waals surface area contributed by atoms with Crippen molar-refractivity contribution in [2.24, 2.45) is 0 Å². The summed E-state index contributed by atoms with van der Waals surface area (Å²) in [6.45, 7) is 1.40. The maximum absolute atomic E-state index is 13.5. The van der Waals surface area contributed by atoms with Crippen LogP contribution in [0.15, 0.2) is 46.9 Å². The van der Waals surface area contributed by atoms with E-state index in [1.807, 2.05) is 32.3 Å². The molecule has 0 N–H and O–H groups in total. The van der Waals surface area contributed by atoms with Crippen molar-refractivity contribution >= 4 is 60.9 Å². The molecule has 4 nitrogen and oxygen atoms in total. The van der Waals surface area contributed by atoms with Crippen molar-refractivity contribution in [3.8, 4) is 0 Å². The minimum absolute atomic E-state index is 0. The predicted octanol–water partition coefficient (Wildman–Crippen LogP) is 5.22. The lowest BCUT2D eigenvalue weighted by molar-refractivity contribution is 0.0985. The minimum Gasteiger partial charge on any atom is -0.309 e. The number of anilines is 1. The molecule has 8 heteroatoms. The van der Waals surface area contributed by atoms with Crippen molar-refractivity contribution < 1.29 is 9.18 Å². The number of hydrogen-bond acceptors (Lipinski definition) is 4. The Morgan fingerprint density at radius 1 is 1.19 bits per heavy atom. The number of fused-ring (bicyclic) bond motifs is 1. The fourth-order valence-electron chi connectivity index (χ4n) is 2.61. The fraction of sp³-hybridized carbons (Fsp3) is 0.263. The van der Waals surface area contributed by atoms with Crippen molar-refractivity contribution in [2.45, 2.75) is 6.42 Å². The highest BCUT2D eigenvalue weighted by molar-refractivity contribution is 9.10. The van der Waals surface area contributed by atoms with Gasteiger partial charge in [-0.25, -0.2) is 9.37 Å². The van der Waals surface area contributed by atoms with Gasteiger partial charge in [0, 0.05) is 11.0 Å². The number of benzene rings is 2. The molecule has 0 bridgehead atoms. The van der Waals surface area contributed by atoms with E-state index in [1.54, 1.807) is 17.0 Å². The molecule has 0 aliphatic carbocycles. The monoisotopic (exact) mass is 471 g/mol. The molecule has 3 aromatic rings. The average molecular weight is 473 g/mol. The van der Waals surface area contributed by atoms with Crippen molar-refractivity contribution in [1.82, 2.24) is 9.88 Å². The molecular weight excluding hydrogens is 453 g/mol. The summed E-state index contributed by atoms with van der Waals surface area (Å²) in [6, 6.07) is 11.8. The lowest BCUT2D eigenvalue weighted by atomic mass is 10.2. The first-order valence-electron chi connectivity index (χ1n) is 8.23. The average Bonchev–Trinajstić information content (AvgIpc) is 3.01. The Kier molecular flexibility index (Phi) is 7.73. The number of halogens is 3. The molecule has 0 aliphatic rings. The Labute approximate surface area is 176 Å². The molecule has 0 saturated heterocycles. The van der Waals surface area contributed by atoms with Crippen molar-refractivity contribution in [3.63, 3.8) is 0 Å². The molecule has 27 heavy (non-hydrogen) atoms. The van der Waals surface area contributed by atoms with Crippen LogP contribution < -0.4 is 4.90 Å². The summed E-state index contributed by atoms with van der Waals surface area (Å²) < 4.78 is 15.0. The molecule has 0 unspecified atom stereocenters. The standard InChI is InChI=1S/C19H19BrFN3OS.ClH/c1-23(2)10-5-11-24(18(25)14-6-3-4-7-15(14)20)19-22-16-9-8-13(21)12-17(16)26-19;/h3-4,6-9,12H,5,10-11H2,1-2H3;1H. The van der Waals surface area contributed by atoms with Gasteiger partial charge in [0.1, 0.15) is 5.82 Å². The number of rotatable bonds is 6. The molecule has 3 rings (SSSR count). The summed E-state index contributed by atoms with van der Waals surface area (Å²) in [5.41, 5.74) is 1.28. The van der Waals surface area contributed by atoms with Gasteiger partial charge in [-0.15, -0.1) is 12.4 Å². The lowest BCUT2D eigenvalue weighted by Crippen LogP contribution is -2.33. The molecule has 1 heterocycles. The molecule has 0 saturated carbocycles. The molecule has 2 aromatic carbocycles. The Morgan fingerprint density at radius 2 is 1.93 bits per heavy atom. The molecule has 0 aliphatic heterocycles. The van der Waals surface area contributed by atoms with Gasteiger partial charge in [-0.2, -0.15) is 0 Å². The number of hydrogen-bond donors (Lipinski definition) is 0. The second-order valence-electron chi connectivity index (χ2n) is 6.20. The van der Waals surface area contributed by atoms with Crippen LogP contribution in [-0.2, 0) is 0 Å². The van der Waals surface area contributed by atoms with Crippen LogP contribution in [0.5, 0.6) is 0 Å². The van der Waals surface area contributed by atoms with Crippen LogP contribution in [0.4, 0.5) is 9.52 Å². The van der Waals surface area contributed by atoms with E-state index in [9.17, 15) is 9.18 Å². The second kappa shape index (κ2) is 9.59. The van der Waals surface area contributed by atoms with E-state index < -0.39 is 0 Å². The van der Waals surface area contributed by atoms with Gasteiger partial charge in [-0.1, -0.05) is 23.5 Å². The highest BCUT2D eigenvalue weighted by atomic mass is 79.9. The normalized spacial score (nSPS) is 10.9. The molecule has 144 valence electrons. The molecule has 0 radical (unpaired) electrons. The topological polar surface area (TPSA) is 36.4 Å². The fourth-order valence-corrected chi connectivity index (χ4v) is 4.08. The number of amides is 1. The van der Waals surface area contributed by atoms with Crippen LogP contribution in [0.2, 0.25) is 0 Å². The van der Waals surface area contributed by atoms with Crippen LogP contribution in [0, 0.1) is 5.82 Å². The molecule has 0 spiro atoms. The number of thiazole rings is 1. The van der Waals surface area contributed by atoms with E-state index in [1.165, 1.54) is 23.5 Å². The quantitative estimate of drug-likeness (QED) is 0.494. The van der Waals surface area contributed by atoms with E-state index in [0.717, 1.165) is 22.1 Å². The molecule has 0 atom stereocenters. The van der Waals surface area contributed by atoms with Crippen molar-refractivity contribution in [3.05, 3.63) is 58.3 Å². The van der Waals surface area contributed by atoms with Crippen LogP contribution in [0.3, 0.4) is 0 Å². The van der Waals surface area contributed by atoms with Crippen LogP contribution in [0.25, 0.3) is 10.2 Å². The number of carbonyl (C=O) groups is 1. The van der Waals surface area contributed by atoms with Crippen molar-refractivity contribution in [2.75, 3.05) is 32.1 Å². The van der Waals surface area contributed by atoms with Gasteiger partial charge in [0.25, 0.3) is 5.91 Å². The minimum atomic E-state index is -0.302. The van der Waals surface area contributed by atoms with Gasteiger partial charge in [0.15, 0.2) is 5.13 Å². The van der Waals surface area contributed by atoms with Gasteiger partial charge in [0.05, 0.1) is 15.8 Å². The summed E-state index contributed by atoms with van der Waals surface area (Å²) in [6.07, 6.45) is 0.813. The highest BCUT2D eigenvalue weighted by Gasteiger charge is 2.22. The molecule has 0 fully saturated rings. The van der Waals surface area contributed by atoms with Crippen LogP contribution in [0.1, 0.15) is 16.8 Å². The van der Waals surface area contributed by atoms with E-state index >= 15 is 0 Å². The van der Waals surface area contributed by atoms with Gasteiger partial charge in [-0.3, -0.25) is 9.69 Å². The van der Waals surface area contributed by atoms with Gasteiger partial charge < -0.3 is 4.90 Å². The lowest BCUT2D eigenvalue weighted by Gasteiger charge is -2.21. The third-order valence-electron chi connectivity index (χ3n) is 3.91. The Bertz CT molecular complexity index is 934. The Hall–Kier alpha value is -1.54. The number of nitrogens with zero attached hydrogens (tertiary/aromatic N) is 3. The highest BCUT2D eigenvalue weighted by Crippen LogP contribution is 2.31. The maximum Gasteiger partial charge on any atom is 0.261 e. The first kappa shape index (κ1) is 21.8. The molecule has 1 amide bonds. The smallest absolute Gasteiger partial charge is 0.261 e. The number of carbonyl (C=O) groups excluding carboxylic acids is 1. The van der Waals surface area contributed by atoms with Crippen LogP contribution >= 0.6 is 39.7 Å².